The van der Waals surface area contributed by atoms with E-state index in [0.717, 1.165) is 28.6 Å². The average molecular weight is 371 g/mol. The molecule has 1 fully saturated rings. The second-order valence-electron chi connectivity index (χ2n) is 5.56. The number of carbonyl (C=O) groups is 2. The van der Waals surface area contributed by atoms with Crippen molar-refractivity contribution in [1.82, 2.24) is 9.62 Å². The zero-order valence-electron chi connectivity index (χ0n) is 13.1. The van der Waals surface area contributed by atoms with Crippen molar-refractivity contribution in [3.8, 4) is 0 Å². The van der Waals surface area contributed by atoms with Gasteiger partial charge in [-0.2, -0.15) is 4.31 Å². The molecule has 2 rings (SSSR count). The maximum Gasteiger partial charge on any atom is 0.322 e. The molecule has 2 N–H and O–H groups in total. The van der Waals surface area contributed by atoms with E-state index in [1.807, 2.05) is 0 Å². The van der Waals surface area contributed by atoms with Gasteiger partial charge < -0.3 is 10.4 Å². The minimum absolute atomic E-state index is 0.0647. The Morgan fingerprint density at radius 3 is 2.52 bits per heavy atom. The second-order valence-corrected chi connectivity index (χ2v) is 7.50. The summed E-state index contributed by atoms with van der Waals surface area (Å²) in [5.74, 6) is -2.33. The Kier molecular flexibility index (Phi) is 5.69. The van der Waals surface area contributed by atoms with Crippen molar-refractivity contribution in [1.29, 1.82) is 0 Å². The molecule has 1 saturated heterocycles. The van der Waals surface area contributed by atoms with Gasteiger partial charge in [0.15, 0.2) is 0 Å². The molecule has 1 aliphatic heterocycles. The van der Waals surface area contributed by atoms with Crippen LogP contribution in [0.4, 0.5) is 5.69 Å². The van der Waals surface area contributed by atoms with Gasteiger partial charge in [0.2, 0.25) is 15.9 Å². The number of carboxylic acids is 1. The Labute approximate surface area is 143 Å². The summed E-state index contributed by atoms with van der Waals surface area (Å²) < 4.78 is 26.4. The summed E-state index contributed by atoms with van der Waals surface area (Å²) >= 11 is 0. The Balaban J connectivity index is 2.12. The number of aliphatic carboxylic acids is 1. The summed E-state index contributed by atoms with van der Waals surface area (Å²) in [5.41, 5.74) is -0.219. The van der Waals surface area contributed by atoms with E-state index in [0.29, 0.717) is 12.8 Å². The molecule has 1 aromatic rings. The molecule has 1 unspecified atom stereocenters. The largest absolute Gasteiger partial charge is 0.480 e. The predicted molar refractivity (Wildman–Crippen MR) is 85.2 cm³/mol. The predicted octanol–water partition coefficient (Wildman–Crippen LogP) is 0.196. The van der Waals surface area contributed by atoms with Gasteiger partial charge >= 0.3 is 5.97 Å². The number of non-ortho nitro benzene ring substituents is 1. The van der Waals surface area contributed by atoms with Gasteiger partial charge in [-0.3, -0.25) is 19.7 Å². The molecule has 136 valence electrons. The van der Waals surface area contributed by atoms with Crippen LogP contribution < -0.4 is 5.32 Å². The molecule has 0 bridgehead atoms. The highest BCUT2D eigenvalue weighted by atomic mass is 32.2. The van der Waals surface area contributed by atoms with Gasteiger partial charge in [0.05, 0.1) is 15.7 Å². The van der Waals surface area contributed by atoms with E-state index in [-0.39, 0.29) is 23.7 Å². The van der Waals surface area contributed by atoms with E-state index in [9.17, 15) is 28.1 Å². The normalized spacial score (nSPS) is 18.5. The highest BCUT2D eigenvalue weighted by Gasteiger charge is 2.33. The van der Waals surface area contributed by atoms with Crippen molar-refractivity contribution < 1.29 is 28.0 Å². The summed E-state index contributed by atoms with van der Waals surface area (Å²) in [7, 11) is -3.89. The third-order valence-corrected chi connectivity index (χ3v) is 5.73. The molecule has 10 nitrogen and oxygen atoms in total. The fraction of sp³-hybridized carbons (Fsp3) is 0.429. The van der Waals surface area contributed by atoms with Gasteiger partial charge in [0, 0.05) is 25.2 Å². The van der Waals surface area contributed by atoms with Gasteiger partial charge in [0.1, 0.15) is 6.54 Å². The summed E-state index contributed by atoms with van der Waals surface area (Å²) in [6, 6.07) is 4.52. The van der Waals surface area contributed by atoms with Gasteiger partial charge in [0.25, 0.3) is 5.69 Å². The highest BCUT2D eigenvalue weighted by Crippen LogP contribution is 2.25. The number of benzene rings is 1. The van der Waals surface area contributed by atoms with Gasteiger partial charge in [-0.15, -0.1) is 0 Å². The maximum absolute atomic E-state index is 12.6. The quantitative estimate of drug-likeness (QED) is 0.536. The van der Waals surface area contributed by atoms with Crippen molar-refractivity contribution in [3.63, 3.8) is 0 Å². The zero-order chi connectivity index (χ0) is 18.6. The number of nitrogens with zero attached hydrogens (tertiary/aromatic N) is 2. The number of amides is 1. The molecule has 1 heterocycles. The minimum atomic E-state index is -3.89. The summed E-state index contributed by atoms with van der Waals surface area (Å²) in [6.07, 6.45) is 0.912. The van der Waals surface area contributed by atoms with Crippen LogP contribution in [0.25, 0.3) is 0 Å². The fourth-order valence-electron chi connectivity index (χ4n) is 2.57. The van der Waals surface area contributed by atoms with E-state index in [4.69, 9.17) is 5.11 Å². The molecule has 1 atom stereocenters. The van der Waals surface area contributed by atoms with Crippen LogP contribution in [0.15, 0.2) is 29.2 Å². The van der Waals surface area contributed by atoms with Gasteiger partial charge in [-0.25, -0.2) is 8.42 Å². The molecule has 0 radical (unpaired) electrons. The lowest BCUT2D eigenvalue weighted by Crippen LogP contribution is -2.46. The number of carboxylic acid groups (broad SMARTS) is 1. The first kappa shape index (κ1) is 18.8. The lowest BCUT2D eigenvalue weighted by Gasteiger charge is -2.31. The molecule has 25 heavy (non-hydrogen) atoms. The van der Waals surface area contributed by atoms with E-state index in [1.165, 1.54) is 0 Å². The van der Waals surface area contributed by atoms with Crippen molar-refractivity contribution in [2.75, 3.05) is 19.6 Å². The number of nitro groups is 1. The number of hydrogen-bond acceptors (Lipinski definition) is 6. The van der Waals surface area contributed by atoms with Gasteiger partial charge in [-0.1, -0.05) is 0 Å². The van der Waals surface area contributed by atoms with Gasteiger partial charge in [-0.05, 0) is 25.0 Å². The van der Waals surface area contributed by atoms with Crippen LogP contribution in [0.3, 0.4) is 0 Å². The molecule has 1 amide bonds. The highest BCUT2D eigenvalue weighted by molar-refractivity contribution is 7.89. The minimum Gasteiger partial charge on any atom is -0.480 e. The summed E-state index contributed by atoms with van der Waals surface area (Å²) in [4.78, 5) is 32.4. The monoisotopic (exact) mass is 371 g/mol. The lowest BCUT2D eigenvalue weighted by atomic mass is 9.99. The molecule has 0 aliphatic carbocycles. The molecule has 0 aromatic heterocycles. The third-order valence-electron chi connectivity index (χ3n) is 3.85. The molecule has 11 heteroatoms. The maximum atomic E-state index is 12.6. The number of nitro benzene ring substituents is 1. The standard InChI is InChI=1S/C14H17N3O7S/c18-13(19)8-15-14(20)10-2-1-7-16(9-10)25(23,24)12-5-3-11(4-6-12)17(21)22/h3-6,10H,1-2,7-9H2,(H,15,20)(H,18,19). The number of nitrogens with one attached hydrogen (secondary N) is 1. The first-order valence-corrected chi connectivity index (χ1v) is 8.90. The average Bonchev–Trinajstić information content (AvgIpc) is 2.59. The van der Waals surface area contributed by atoms with Crippen LogP contribution in [-0.4, -0.2) is 54.3 Å². The van der Waals surface area contributed by atoms with Crippen LogP contribution in [0.2, 0.25) is 0 Å². The Morgan fingerprint density at radius 1 is 1.32 bits per heavy atom. The topological polar surface area (TPSA) is 147 Å². The van der Waals surface area contributed by atoms with Crippen molar-refractivity contribution in [2.45, 2.75) is 17.7 Å². The molecule has 0 spiro atoms. The zero-order valence-corrected chi connectivity index (χ0v) is 13.9. The Hall–Kier alpha value is -2.53. The SMILES string of the molecule is O=C(O)CNC(=O)C1CCCN(S(=O)(=O)c2ccc([N+](=O)[O-])cc2)C1. The number of carbonyl (C=O) groups excluding carboxylic acids is 1. The lowest BCUT2D eigenvalue weighted by molar-refractivity contribution is -0.384. The number of sulfonamides is 1. The fourth-order valence-corrected chi connectivity index (χ4v) is 4.09. The van der Waals surface area contributed by atoms with E-state index < -0.39 is 39.3 Å². The molecular weight excluding hydrogens is 354 g/mol. The van der Waals surface area contributed by atoms with E-state index >= 15 is 0 Å². The van der Waals surface area contributed by atoms with Crippen LogP contribution in [0.5, 0.6) is 0 Å². The van der Waals surface area contributed by atoms with E-state index in [2.05, 4.69) is 5.32 Å². The summed E-state index contributed by atoms with van der Waals surface area (Å²) in [6.45, 7) is -0.364. The van der Waals surface area contributed by atoms with E-state index in [1.54, 1.807) is 0 Å². The Bertz CT molecular complexity index is 776. The molecule has 0 saturated carbocycles. The van der Waals surface area contributed by atoms with Crippen molar-refractivity contribution in [2.24, 2.45) is 5.92 Å². The third kappa shape index (κ3) is 4.51. The smallest absolute Gasteiger partial charge is 0.322 e. The van der Waals surface area contributed by atoms with Crippen LogP contribution in [0, 0.1) is 16.0 Å². The molecule has 1 aliphatic rings. The number of hydrogen-bond donors (Lipinski definition) is 2. The first-order valence-electron chi connectivity index (χ1n) is 7.46. The van der Waals surface area contributed by atoms with Crippen LogP contribution in [-0.2, 0) is 19.6 Å². The Morgan fingerprint density at radius 2 is 1.96 bits per heavy atom. The number of piperidine rings is 1. The first-order chi connectivity index (χ1) is 11.7. The molecule has 1 aromatic carbocycles. The number of rotatable bonds is 6. The van der Waals surface area contributed by atoms with Crippen LogP contribution >= 0.6 is 0 Å². The van der Waals surface area contributed by atoms with Crippen molar-refractivity contribution in [3.05, 3.63) is 34.4 Å². The molecular formula is C14H17N3O7S. The van der Waals surface area contributed by atoms with Crippen molar-refractivity contribution >= 4 is 27.6 Å². The summed E-state index contributed by atoms with van der Waals surface area (Å²) in [5, 5.41) is 21.5. The second kappa shape index (κ2) is 7.57. The van der Waals surface area contributed by atoms with Crippen LogP contribution in [0.1, 0.15) is 12.8 Å².